The second-order valence-corrected chi connectivity index (χ2v) is 13.3. The molecule has 6 rings (SSSR count). The summed E-state index contributed by atoms with van der Waals surface area (Å²) in [6.45, 7) is -0.371. The van der Waals surface area contributed by atoms with E-state index in [1.807, 2.05) is 52.7 Å². The van der Waals surface area contributed by atoms with Gasteiger partial charge in [-0.05, 0) is 48.7 Å². The number of ether oxygens (including phenoxy) is 1. The van der Waals surface area contributed by atoms with Gasteiger partial charge in [-0.3, -0.25) is 24.4 Å². The highest BCUT2D eigenvalue weighted by Crippen LogP contribution is 2.33. The molecule has 4 N–H and O–H groups in total. The fourth-order valence-corrected chi connectivity index (χ4v) is 6.79. The lowest BCUT2D eigenvalue weighted by Crippen LogP contribution is -2.60. The van der Waals surface area contributed by atoms with E-state index in [9.17, 15) is 33.0 Å². The first kappa shape index (κ1) is 37.0. The van der Waals surface area contributed by atoms with Gasteiger partial charge in [0.1, 0.15) is 42.6 Å². The number of benzene rings is 2. The first-order valence-electron chi connectivity index (χ1n) is 17.2. The first-order chi connectivity index (χ1) is 25.0. The lowest BCUT2D eigenvalue weighted by molar-refractivity contribution is -0.143. The molecule has 5 atom stereocenters. The molecule has 2 aromatic carbocycles. The van der Waals surface area contributed by atoms with Crippen LogP contribution in [0.25, 0.3) is 11.3 Å². The molecule has 0 bridgehead atoms. The molecular formula is C38H42F3N5O6. The molecule has 276 valence electrons. The monoisotopic (exact) mass is 721 g/mol. The van der Waals surface area contributed by atoms with Gasteiger partial charge in [-0.2, -0.15) is 13.2 Å². The fourth-order valence-electron chi connectivity index (χ4n) is 6.79. The minimum Gasteiger partial charge on any atom is -0.490 e. The number of alkyl halides is 3. The predicted octanol–water partition coefficient (Wildman–Crippen LogP) is 3.73. The number of β-amino-alcohol motifs (C(OH)–C–C–N with tert-alkyl or cyclic N) is 1. The summed E-state index contributed by atoms with van der Waals surface area (Å²) in [4.78, 5) is 34.8. The van der Waals surface area contributed by atoms with E-state index in [0.29, 0.717) is 35.9 Å². The number of nitrogens with zero attached hydrogens (tertiary/aromatic N) is 3. The van der Waals surface area contributed by atoms with Crippen LogP contribution < -0.4 is 15.4 Å². The lowest BCUT2D eigenvalue weighted by Gasteiger charge is -2.41. The summed E-state index contributed by atoms with van der Waals surface area (Å²) >= 11 is 0. The number of furan rings is 1. The number of piperazine rings is 1. The molecule has 0 spiro atoms. The van der Waals surface area contributed by atoms with E-state index in [1.54, 1.807) is 53.7 Å². The number of fused-ring (bicyclic) bond motifs is 1. The minimum absolute atomic E-state index is 0.00249. The number of nitrogens with one attached hydrogen (secondary N) is 2. The molecule has 2 aliphatic rings. The number of aliphatic hydroxyl groups is 2. The summed E-state index contributed by atoms with van der Waals surface area (Å²) in [5, 5.41) is 27.2. The zero-order chi connectivity index (χ0) is 36.7. The molecule has 2 aromatic heterocycles. The third kappa shape index (κ3) is 9.76. The molecule has 0 saturated carbocycles. The lowest BCUT2D eigenvalue weighted by atomic mass is 9.91. The number of carbonyl (C=O) groups is 2. The third-order valence-corrected chi connectivity index (χ3v) is 9.39. The Labute approximate surface area is 299 Å². The van der Waals surface area contributed by atoms with Crippen LogP contribution in [0.4, 0.5) is 13.2 Å². The van der Waals surface area contributed by atoms with Gasteiger partial charge in [0, 0.05) is 55.6 Å². The van der Waals surface area contributed by atoms with E-state index in [4.69, 9.17) is 9.15 Å². The van der Waals surface area contributed by atoms with Gasteiger partial charge < -0.3 is 30.0 Å². The second-order valence-electron chi connectivity index (χ2n) is 13.3. The molecule has 1 fully saturated rings. The zero-order valence-electron chi connectivity index (χ0n) is 28.4. The number of hydrogen-bond donors (Lipinski definition) is 4. The van der Waals surface area contributed by atoms with Crippen molar-refractivity contribution < 1.29 is 42.1 Å². The number of aliphatic hydroxyl groups excluding tert-OH is 2. The smallest absolute Gasteiger partial charge is 0.405 e. The molecule has 0 unspecified atom stereocenters. The van der Waals surface area contributed by atoms with Crippen LogP contribution >= 0.6 is 0 Å². The summed E-state index contributed by atoms with van der Waals surface area (Å²) in [6, 6.07) is 22.2. The summed E-state index contributed by atoms with van der Waals surface area (Å²) in [6.07, 6.45) is -3.26. The summed E-state index contributed by atoms with van der Waals surface area (Å²) in [5.41, 5.74) is 2.34. The van der Waals surface area contributed by atoms with Crippen LogP contribution in [0.1, 0.15) is 29.3 Å². The highest BCUT2D eigenvalue weighted by molar-refractivity contribution is 5.82. The van der Waals surface area contributed by atoms with Crippen LogP contribution in [0, 0.1) is 5.92 Å². The maximum atomic E-state index is 13.9. The van der Waals surface area contributed by atoms with Gasteiger partial charge in [-0.15, -0.1) is 0 Å². The van der Waals surface area contributed by atoms with Crippen molar-refractivity contribution in [2.24, 2.45) is 5.92 Å². The number of amides is 2. The van der Waals surface area contributed by atoms with Crippen molar-refractivity contribution in [3.05, 3.63) is 108 Å². The van der Waals surface area contributed by atoms with Crippen molar-refractivity contribution in [2.75, 3.05) is 39.3 Å². The van der Waals surface area contributed by atoms with Gasteiger partial charge in [0.2, 0.25) is 11.8 Å². The standard InChI is InChI=1S/C38H42F3N5O6/c39-38(40,41)24-43-37(50)31-22-45(21-29-10-11-33(52-29)26-6-2-1-3-7-26)16-17-46(31)20-28(47)19-27(18-25-12-14-42-15-13-25)36(49)44-35-30-8-4-5-9-34(30)51-23-32(35)48/h1-15,27-28,31-32,35,47-48H,16-24H2,(H,43,50)(H,44,49)/t27-,28+,31+,32-,35+/m1/s1. The zero-order valence-corrected chi connectivity index (χ0v) is 28.4. The highest BCUT2D eigenvalue weighted by atomic mass is 19.4. The van der Waals surface area contributed by atoms with E-state index in [1.165, 1.54) is 0 Å². The molecule has 4 heterocycles. The molecule has 0 aliphatic carbocycles. The number of carbonyl (C=O) groups excluding carboxylic acids is 2. The maximum absolute atomic E-state index is 13.9. The van der Waals surface area contributed by atoms with Crippen LogP contribution in [-0.2, 0) is 22.6 Å². The van der Waals surface area contributed by atoms with Crippen molar-refractivity contribution in [1.29, 1.82) is 0 Å². The van der Waals surface area contributed by atoms with Crippen LogP contribution in [-0.4, -0.2) is 101 Å². The molecule has 14 heteroatoms. The van der Waals surface area contributed by atoms with E-state index in [-0.39, 0.29) is 39.1 Å². The number of halogens is 3. The number of rotatable bonds is 13. The Morgan fingerprint density at radius 3 is 2.50 bits per heavy atom. The van der Waals surface area contributed by atoms with Crippen molar-refractivity contribution in [3.63, 3.8) is 0 Å². The van der Waals surface area contributed by atoms with Crippen LogP contribution in [0.3, 0.4) is 0 Å². The topological polar surface area (TPSA) is 140 Å². The number of hydrogen-bond acceptors (Lipinski definition) is 9. The molecule has 2 amide bonds. The third-order valence-electron chi connectivity index (χ3n) is 9.39. The number of aromatic nitrogens is 1. The van der Waals surface area contributed by atoms with Crippen molar-refractivity contribution in [2.45, 2.75) is 49.9 Å². The Hall–Kier alpha value is -4.76. The largest absolute Gasteiger partial charge is 0.490 e. The Morgan fingerprint density at radius 2 is 1.73 bits per heavy atom. The average molecular weight is 722 g/mol. The Bertz CT molecular complexity index is 1780. The van der Waals surface area contributed by atoms with Crippen molar-refractivity contribution >= 4 is 11.8 Å². The fraction of sp³-hybridized carbons (Fsp3) is 0.395. The Kier molecular flexibility index (Phi) is 11.9. The Balaban J connectivity index is 1.15. The summed E-state index contributed by atoms with van der Waals surface area (Å²) < 4.78 is 51.0. The van der Waals surface area contributed by atoms with Gasteiger partial charge in [0.05, 0.1) is 18.7 Å². The molecule has 52 heavy (non-hydrogen) atoms. The van der Waals surface area contributed by atoms with Crippen LogP contribution in [0.15, 0.2) is 95.7 Å². The predicted molar refractivity (Wildman–Crippen MR) is 185 cm³/mol. The van der Waals surface area contributed by atoms with Crippen molar-refractivity contribution in [1.82, 2.24) is 25.4 Å². The summed E-state index contributed by atoms with van der Waals surface area (Å²) in [7, 11) is 0. The molecular weight excluding hydrogens is 679 g/mol. The minimum atomic E-state index is -4.59. The first-order valence-corrected chi connectivity index (χ1v) is 17.2. The SMILES string of the molecule is O=C(N[C@H]1c2ccccc2OC[C@H]1O)[C@H](Cc1ccncc1)C[C@H](O)CN1CCN(Cc2ccc(-c3ccccc3)o2)C[C@H]1C(=O)NCC(F)(F)F. The van der Waals surface area contributed by atoms with Crippen molar-refractivity contribution in [3.8, 4) is 17.1 Å². The van der Waals surface area contributed by atoms with Gasteiger partial charge >= 0.3 is 6.18 Å². The van der Waals surface area contributed by atoms with Gasteiger partial charge in [-0.1, -0.05) is 48.5 Å². The molecule has 4 aromatic rings. The second kappa shape index (κ2) is 16.7. The van der Waals surface area contributed by atoms with E-state index in [2.05, 4.69) is 10.3 Å². The molecule has 2 aliphatic heterocycles. The average Bonchev–Trinajstić information content (AvgIpc) is 3.61. The van der Waals surface area contributed by atoms with Gasteiger partial charge in [0.15, 0.2) is 0 Å². The van der Waals surface area contributed by atoms with Gasteiger partial charge in [-0.25, -0.2) is 0 Å². The Morgan fingerprint density at radius 1 is 0.981 bits per heavy atom. The van der Waals surface area contributed by atoms with E-state index in [0.717, 1.165) is 11.1 Å². The molecule has 0 radical (unpaired) electrons. The summed E-state index contributed by atoms with van der Waals surface area (Å²) in [5.74, 6) is -0.0782. The number of pyridine rings is 1. The quantitative estimate of drug-likeness (QED) is 0.163. The van der Waals surface area contributed by atoms with E-state index < -0.39 is 54.7 Å². The normalized spacial score (nSPS) is 20.7. The molecule has 11 nitrogen and oxygen atoms in total. The molecule has 1 saturated heterocycles. The number of para-hydroxylation sites is 1. The highest BCUT2D eigenvalue weighted by Gasteiger charge is 2.38. The maximum Gasteiger partial charge on any atom is 0.405 e. The van der Waals surface area contributed by atoms with Gasteiger partial charge in [0.25, 0.3) is 0 Å². The van der Waals surface area contributed by atoms with Crippen LogP contribution in [0.2, 0.25) is 0 Å². The van der Waals surface area contributed by atoms with E-state index >= 15 is 0 Å². The van der Waals surface area contributed by atoms with Crippen LogP contribution in [0.5, 0.6) is 5.75 Å².